The molecule has 0 N–H and O–H groups in total. The van der Waals surface area contributed by atoms with Crippen molar-refractivity contribution in [1.29, 1.82) is 0 Å². The molecule has 1 heterocycles. The summed E-state index contributed by atoms with van der Waals surface area (Å²) < 4.78 is 6.80. The van der Waals surface area contributed by atoms with Crippen molar-refractivity contribution in [2.45, 2.75) is 52.3 Å². The Morgan fingerprint density at radius 3 is 1.94 bits per heavy atom. The topological polar surface area (TPSA) is 12.5 Å². The van der Waals surface area contributed by atoms with Crippen LogP contribution in [0.5, 0.6) is 0 Å². The lowest BCUT2D eigenvalue weighted by molar-refractivity contribution is 0.182. The Labute approximate surface area is 199 Å². The van der Waals surface area contributed by atoms with E-state index in [2.05, 4.69) is 117 Å². The molecule has 3 aromatic rings. The summed E-state index contributed by atoms with van der Waals surface area (Å²) in [5, 5.41) is 0. The molecule has 1 saturated heterocycles. The monoisotopic (exact) mass is 433 g/mol. The number of allylic oxidation sites excluding steroid dienone is 1. The van der Waals surface area contributed by atoms with Gasteiger partial charge in [0.05, 0.1) is 6.10 Å². The third-order valence-corrected chi connectivity index (χ3v) is 6.12. The lowest BCUT2D eigenvalue weighted by Crippen LogP contribution is -2.49. The van der Waals surface area contributed by atoms with Crippen LogP contribution in [-0.2, 0) is 4.65 Å². The van der Waals surface area contributed by atoms with Crippen molar-refractivity contribution < 1.29 is 4.65 Å². The van der Waals surface area contributed by atoms with Gasteiger partial charge in [0.25, 0.3) is 0 Å². The zero-order chi connectivity index (χ0) is 23.2. The predicted octanol–water partition coefficient (Wildman–Crippen LogP) is 6.80. The molecule has 0 radical (unpaired) electrons. The highest BCUT2D eigenvalue weighted by atomic mass is 16.5. The summed E-state index contributed by atoms with van der Waals surface area (Å²) in [6, 6.07) is 32.0. The standard InChI is InChI=1S/C30H32BNO/c1-23(2)32(24(3)4)31-29(22-30(33-31)27-18-12-7-13-19-27)28(26-16-10-6-11-17-26)21-20-25-14-8-5-9-15-25/h5-19,23-24,30H,22H2,1-4H3/b29-28-. The van der Waals surface area contributed by atoms with Crippen molar-refractivity contribution in [2.24, 2.45) is 0 Å². The summed E-state index contributed by atoms with van der Waals surface area (Å²) in [6.07, 6.45) is 0.849. The molecule has 1 atom stereocenters. The number of hydrogen-bond acceptors (Lipinski definition) is 2. The van der Waals surface area contributed by atoms with Gasteiger partial charge in [-0.15, -0.1) is 0 Å². The Balaban J connectivity index is 1.87. The van der Waals surface area contributed by atoms with E-state index in [1.165, 1.54) is 11.0 Å². The van der Waals surface area contributed by atoms with Gasteiger partial charge in [-0.05, 0) is 47.2 Å². The number of benzene rings is 3. The predicted molar refractivity (Wildman–Crippen MR) is 139 cm³/mol. The molecule has 2 nitrogen and oxygen atoms in total. The van der Waals surface area contributed by atoms with E-state index in [-0.39, 0.29) is 13.2 Å². The van der Waals surface area contributed by atoms with E-state index in [0.717, 1.165) is 23.1 Å². The molecule has 1 aliphatic heterocycles. The van der Waals surface area contributed by atoms with Crippen molar-refractivity contribution in [3.8, 4) is 11.8 Å². The fourth-order valence-corrected chi connectivity index (χ4v) is 4.66. The smallest absolute Gasteiger partial charge is 0.410 e. The maximum atomic E-state index is 6.80. The summed E-state index contributed by atoms with van der Waals surface area (Å²) >= 11 is 0. The van der Waals surface area contributed by atoms with Crippen LogP contribution in [0.2, 0.25) is 0 Å². The van der Waals surface area contributed by atoms with E-state index in [4.69, 9.17) is 4.65 Å². The molecular weight excluding hydrogens is 401 g/mol. The lowest BCUT2D eigenvalue weighted by atomic mass is 9.66. The number of rotatable bonds is 5. The Morgan fingerprint density at radius 2 is 1.36 bits per heavy atom. The van der Waals surface area contributed by atoms with E-state index in [1.54, 1.807) is 0 Å². The maximum absolute atomic E-state index is 6.80. The van der Waals surface area contributed by atoms with Crippen molar-refractivity contribution in [3.63, 3.8) is 0 Å². The second-order valence-electron chi connectivity index (χ2n) is 9.11. The van der Waals surface area contributed by atoms with Gasteiger partial charge in [-0.3, -0.25) is 0 Å². The zero-order valence-electron chi connectivity index (χ0n) is 20.0. The Kier molecular flexibility index (Phi) is 7.50. The molecular formula is C30H32BNO. The van der Waals surface area contributed by atoms with E-state index in [9.17, 15) is 0 Å². The minimum atomic E-state index is -0.115. The summed E-state index contributed by atoms with van der Waals surface area (Å²) in [6.45, 7) is 8.98. The molecule has 3 aromatic carbocycles. The summed E-state index contributed by atoms with van der Waals surface area (Å²) in [5.74, 6) is 6.96. The second-order valence-corrected chi connectivity index (χ2v) is 9.11. The third-order valence-electron chi connectivity index (χ3n) is 6.12. The summed E-state index contributed by atoms with van der Waals surface area (Å²) in [4.78, 5) is 2.46. The molecule has 1 unspecified atom stereocenters. The maximum Gasteiger partial charge on any atom is 0.416 e. The van der Waals surface area contributed by atoms with E-state index >= 15 is 0 Å². The quantitative estimate of drug-likeness (QED) is 0.324. The van der Waals surface area contributed by atoms with Crippen LogP contribution >= 0.6 is 0 Å². The van der Waals surface area contributed by atoms with E-state index in [0.29, 0.717) is 12.1 Å². The molecule has 4 rings (SSSR count). The van der Waals surface area contributed by atoms with Crippen LogP contribution in [0.1, 0.15) is 56.9 Å². The van der Waals surface area contributed by atoms with Gasteiger partial charge in [0.15, 0.2) is 0 Å². The van der Waals surface area contributed by atoms with Gasteiger partial charge in [-0.2, -0.15) is 0 Å². The molecule has 0 amide bonds. The molecule has 0 bridgehead atoms. The highest BCUT2D eigenvalue weighted by Crippen LogP contribution is 2.40. The molecule has 166 valence electrons. The fraction of sp³-hybridized carbons (Fsp3) is 0.267. The van der Waals surface area contributed by atoms with Crippen LogP contribution in [0, 0.1) is 11.8 Å². The van der Waals surface area contributed by atoms with Gasteiger partial charge < -0.3 is 9.47 Å². The average molecular weight is 433 g/mol. The average Bonchev–Trinajstić information content (AvgIpc) is 3.25. The normalized spacial score (nSPS) is 17.4. The van der Waals surface area contributed by atoms with E-state index in [1.807, 2.05) is 18.2 Å². The summed E-state index contributed by atoms with van der Waals surface area (Å²) in [5.41, 5.74) is 5.72. The Morgan fingerprint density at radius 1 is 0.818 bits per heavy atom. The molecule has 3 heteroatoms. The van der Waals surface area contributed by atoms with Gasteiger partial charge in [0.1, 0.15) is 0 Å². The summed E-state index contributed by atoms with van der Waals surface area (Å²) in [7, 11) is -0.115. The van der Waals surface area contributed by atoms with Crippen molar-refractivity contribution in [2.75, 3.05) is 0 Å². The first-order chi connectivity index (χ1) is 16.0. The number of hydrogen-bond donors (Lipinski definition) is 0. The van der Waals surface area contributed by atoms with Crippen molar-refractivity contribution in [3.05, 3.63) is 113 Å². The largest absolute Gasteiger partial charge is 0.416 e. The van der Waals surface area contributed by atoms with Crippen LogP contribution < -0.4 is 0 Å². The highest BCUT2D eigenvalue weighted by Gasteiger charge is 2.43. The van der Waals surface area contributed by atoms with Crippen LogP contribution in [0.3, 0.4) is 0 Å². The molecule has 0 spiro atoms. The SMILES string of the molecule is CC(C)N(B1OC(c2ccccc2)C/C1=C(\C#Cc1ccccc1)c1ccccc1)C(C)C. The molecule has 0 aromatic heterocycles. The Hall–Kier alpha value is -3.06. The highest BCUT2D eigenvalue weighted by molar-refractivity contribution is 6.60. The second kappa shape index (κ2) is 10.7. The third kappa shape index (κ3) is 5.48. The molecule has 0 saturated carbocycles. The van der Waals surface area contributed by atoms with Gasteiger partial charge in [-0.25, -0.2) is 0 Å². The van der Waals surface area contributed by atoms with Crippen LogP contribution in [0.15, 0.2) is 96.5 Å². The van der Waals surface area contributed by atoms with E-state index < -0.39 is 0 Å². The molecule has 1 fully saturated rings. The Bertz CT molecular complexity index is 1120. The first-order valence-corrected chi connectivity index (χ1v) is 11.9. The molecule has 33 heavy (non-hydrogen) atoms. The fourth-order valence-electron chi connectivity index (χ4n) is 4.66. The zero-order valence-corrected chi connectivity index (χ0v) is 20.0. The number of nitrogens with zero attached hydrogens (tertiary/aromatic N) is 1. The minimum Gasteiger partial charge on any atom is -0.410 e. The lowest BCUT2D eigenvalue weighted by Gasteiger charge is -2.34. The first-order valence-electron chi connectivity index (χ1n) is 11.9. The van der Waals surface area contributed by atoms with Crippen LogP contribution in [-0.4, -0.2) is 23.9 Å². The van der Waals surface area contributed by atoms with Crippen LogP contribution in [0.25, 0.3) is 5.57 Å². The van der Waals surface area contributed by atoms with Crippen molar-refractivity contribution >= 4 is 12.6 Å². The van der Waals surface area contributed by atoms with Gasteiger partial charge in [0, 0.05) is 11.1 Å². The molecule has 1 aliphatic rings. The van der Waals surface area contributed by atoms with Gasteiger partial charge in [-0.1, -0.05) is 118 Å². The minimum absolute atomic E-state index is 0.0171. The van der Waals surface area contributed by atoms with Crippen LogP contribution in [0.4, 0.5) is 0 Å². The molecule has 0 aliphatic carbocycles. The first kappa shape index (κ1) is 23.1. The van der Waals surface area contributed by atoms with Crippen molar-refractivity contribution in [1.82, 2.24) is 4.81 Å². The van der Waals surface area contributed by atoms with Gasteiger partial charge >= 0.3 is 7.05 Å². The van der Waals surface area contributed by atoms with Gasteiger partial charge in [0.2, 0.25) is 0 Å².